The molecule has 0 saturated heterocycles. The Bertz CT molecular complexity index is 1270. The molecule has 4 rings (SSSR count). The molecule has 0 aliphatic heterocycles. The number of carbonyl (C=O) groups excluding carboxylic acids is 1. The molecule has 33 heavy (non-hydrogen) atoms. The first-order valence-electron chi connectivity index (χ1n) is 10.0. The molecule has 0 aliphatic carbocycles. The minimum absolute atomic E-state index is 0.0953. The van der Waals surface area contributed by atoms with Gasteiger partial charge in [-0.2, -0.15) is 0 Å². The molecule has 4 aromatic rings. The monoisotopic (exact) mass is 464 g/mol. The Balaban J connectivity index is 1.45. The first kappa shape index (κ1) is 22.3. The van der Waals surface area contributed by atoms with Crippen LogP contribution in [0.2, 0.25) is 0 Å². The first-order chi connectivity index (χ1) is 16.1. The van der Waals surface area contributed by atoms with Gasteiger partial charge in [-0.3, -0.25) is 4.79 Å². The van der Waals surface area contributed by atoms with Crippen LogP contribution in [0.5, 0.6) is 23.0 Å². The average Bonchev–Trinajstić information content (AvgIpc) is 3.28. The second-order valence-corrected chi connectivity index (χ2v) is 7.85. The van der Waals surface area contributed by atoms with Crippen LogP contribution in [-0.4, -0.2) is 25.1 Å². The van der Waals surface area contributed by atoms with Gasteiger partial charge >= 0.3 is 0 Å². The standard InChI is InChI=1S/C25H21FN2O4S/c1-30-22-11-10-16(12-23(22)31-2)25-27-18(15-33-25)14-24(29)28-20-8-3-4-9-21(20)32-19-7-5-6-17(26)13-19/h3-13,15H,14H2,1-2H3,(H,28,29). The number of nitrogens with zero attached hydrogens (tertiary/aromatic N) is 1. The summed E-state index contributed by atoms with van der Waals surface area (Å²) in [6.45, 7) is 0. The van der Waals surface area contributed by atoms with Crippen molar-refractivity contribution in [2.45, 2.75) is 6.42 Å². The van der Waals surface area contributed by atoms with E-state index in [4.69, 9.17) is 14.2 Å². The van der Waals surface area contributed by atoms with E-state index in [1.54, 1.807) is 50.6 Å². The van der Waals surface area contributed by atoms with E-state index in [0.29, 0.717) is 34.4 Å². The Morgan fingerprint density at radius 2 is 1.79 bits per heavy atom. The van der Waals surface area contributed by atoms with E-state index in [2.05, 4.69) is 10.3 Å². The summed E-state index contributed by atoms with van der Waals surface area (Å²) in [5.74, 6) is 1.37. The van der Waals surface area contributed by atoms with Crippen LogP contribution in [0, 0.1) is 5.82 Å². The molecule has 8 heteroatoms. The third-order valence-electron chi connectivity index (χ3n) is 4.71. The van der Waals surface area contributed by atoms with Crippen LogP contribution in [0.4, 0.5) is 10.1 Å². The molecule has 0 saturated carbocycles. The molecule has 168 valence electrons. The molecule has 1 aromatic heterocycles. The van der Waals surface area contributed by atoms with Crippen molar-refractivity contribution >= 4 is 22.9 Å². The molecule has 3 aromatic carbocycles. The summed E-state index contributed by atoms with van der Waals surface area (Å²) in [6, 6.07) is 18.4. The highest BCUT2D eigenvalue weighted by molar-refractivity contribution is 7.13. The van der Waals surface area contributed by atoms with Crippen molar-refractivity contribution in [3.63, 3.8) is 0 Å². The zero-order valence-electron chi connectivity index (χ0n) is 18.0. The van der Waals surface area contributed by atoms with Crippen molar-refractivity contribution < 1.29 is 23.4 Å². The molecule has 0 atom stereocenters. The van der Waals surface area contributed by atoms with Gasteiger partial charge in [0, 0.05) is 17.0 Å². The zero-order chi connectivity index (χ0) is 23.2. The van der Waals surface area contributed by atoms with E-state index >= 15 is 0 Å². The van der Waals surface area contributed by atoms with Crippen molar-refractivity contribution in [3.8, 4) is 33.6 Å². The summed E-state index contributed by atoms with van der Waals surface area (Å²) in [4.78, 5) is 17.3. The van der Waals surface area contributed by atoms with E-state index in [0.717, 1.165) is 10.6 Å². The van der Waals surface area contributed by atoms with Crippen LogP contribution in [0.3, 0.4) is 0 Å². The van der Waals surface area contributed by atoms with E-state index in [1.165, 1.54) is 23.5 Å². The van der Waals surface area contributed by atoms with Gasteiger partial charge in [0.2, 0.25) is 5.91 Å². The average molecular weight is 465 g/mol. The number of amides is 1. The van der Waals surface area contributed by atoms with Gasteiger partial charge < -0.3 is 19.5 Å². The molecule has 1 N–H and O–H groups in total. The van der Waals surface area contributed by atoms with E-state index in [1.807, 2.05) is 23.6 Å². The van der Waals surface area contributed by atoms with Gasteiger partial charge in [-0.1, -0.05) is 18.2 Å². The summed E-state index contributed by atoms with van der Waals surface area (Å²) in [5, 5.41) is 5.47. The molecular weight excluding hydrogens is 443 g/mol. The van der Waals surface area contributed by atoms with Crippen LogP contribution in [0.25, 0.3) is 10.6 Å². The Morgan fingerprint density at radius 3 is 2.58 bits per heavy atom. The maximum atomic E-state index is 13.5. The van der Waals surface area contributed by atoms with Gasteiger partial charge in [-0.25, -0.2) is 9.37 Å². The Hall–Kier alpha value is -3.91. The molecule has 0 fully saturated rings. The van der Waals surface area contributed by atoms with Crippen molar-refractivity contribution in [2.75, 3.05) is 19.5 Å². The summed E-state index contributed by atoms with van der Waals surface area (Å²) in [7, 11) is 3.16. The molecule has 0 unspecified atom stereocenters. The maximum absolute atomic E-state index is 13.5. The van der Waals surface area contributed by atoms with Crippen LogP contribution in [0.1, 0.15) is 5.69 Å². The third kappa shape index (κ3) is 5.48. The van der Waals surface area contributed by atoms with E-state index in [-0.39, 0.29) is 12.3 Å². The van der Waals surface area contributed by atoms with Gasteiger partial charge in [0.1, 0.15) is 16.6 Å². The highest BCUT2D eigenvalue weighted by Gasteiger charge is 2.14. The Morgan fingerprint density at radius 1 is 0.970 bits per heavy atom. The third-order valence-corrected chi connectivity index (χ3v) is 5.65. The largest absolute Gasteiger partial charge is 0.493 e. The predicted molar refractivity (Wildman–Crippen MR) is 126 cm³/mol. The van der Waals surface area contributed by atoms with Crippen molar-refractivity contribution in [3.05, 3.63) is 83.6 Å². The lowest BCUT2D eigenvalue weighted by Crippen LogP contribution is -2.15. The fraction of sp³-hybridized carbons (Fsp3) is 0.120. The quantitative estimate of drug-likeness (QED) is 0.349. The number of benzene rings is 3. The van der Waals surface area contributed by atoms with Crippen LogP contribution in [-0.2, 0) is 11.2 Å². The first-order valence-corrected chi connectivity index (χ1v) is 10.9. The number of methoxy groups -OCH3 is 2. The van der Waals surface area contributed by atoms with Gasteiger partial charge in [0.25, 0.3) is 0 Å². The molecule has 1 amide bonds. The highest BCUT2D eigenvalue weighted by atomic mass is 32.1. The van der Waals surface area contributed by atoms with E-state index < -0.39 is 5.82 Å². The number of hydrogen-bond donors (Lipinski definition) is 1. The highest BCUT2D eigenvalue weighted by Crippen LogP contribution is 2.34. The van der Waals surface area contributed by atoms with E-state index in [9.17, 15) is 9.18 Å². The topological polar surface area (TPSA) is 69.7 Å². The molecule has 0 bridgehead atoms. The minimum Gasteiger partial charge on any atom is -0.493 e. The Labute approximate surface area is 194 Å². The van der Waals surface area contributed by atoms with Crippen LogP contribution in [0.15, 0.2) is 72.1 Å². The number of thiazole rings is 1. The molecule has 0 spiro atoms. The molecular formula is C25H21FN2O4S. The lowest BCUT2D eigenvalue weighted by Gasteiger charge is -2.12. The number of hydrogen-bond acceptors (Lipinski definition) is 6. The number of para-hydroxylation sites is 2. The number of anilines is 1. The fourth-order valence-electron chi connectivity index (χ4n) is 3.17. The van der Waals surface area contributed by atoms with Crippen molar-refractivity contribution in [1.29, 1.82) is 0 Å². The molecule has 0 aliphatic rings. The van der Waals surface area contributed by atoms with Gasteiger partial charge in [-0.15, -0.1) is 11.3 Å². The molecule has 6 nitrogen and oxygen atoms in total. The number of rotatable bonds is 8. The number of nitrogens with one attached hydrogen (secondary N) is 1. The second kappa shape index (κ2) is 10.1. The number of ether oxygens (including phenoxy) is 3. The maximum Gasteiger partial charge on any atom is 0.230 e. The molecule has 1 heterocycles. The van der Waals surface area contributed by atoms with Crippen LogP contribution >= 0.6 is 11.3 Å². The number of halogens is 1. The summed E-state index contributed by atoms with van der Waals surface area (Å²) < 4.78 is 29.8. The molecule has 0 radical (unpaired) electrons. The summed E-state index contributed by atoms with van der Waals surface area (Å²) in [6.07, 6.45) is 0.0953. The van der Waals surface area contributed by atoms with Gasteiger partial charge in [0.05, 0.1) is 32.0 Å². The van der Waals surface area contributed by atoms with Crippen molar-refractivity contribution in [2.24, 2.45) is 0 Å². The summed E-state index contributed by atoms with van der Waals surface area (Å²) >= 11 is 1.44. The smallest absolute Gasteiger partial charge is 0.230 e. The number of aromatic nitrogens is 1. The van der Waals surface area contributed by atoms with Crippen molar-refractivity contribution in [1.82, 2.24) is 4.98 Å². The lowest BCUT2D eigenvalue weighted by molar-refractivity contribution is -0.115. The zero-order valence-corrected chi connectivity index (χ0v) is 18.8. The van der Waals surface area contributed by atoms with Gasteiger partial charge in [-0.05, 0) is 42.5 Å². The summed E-state index contributed by atoms with van der Waals surface area (Å²) in [5.41, 5.74) is 2.01. The Kier molecular flexibility index (Phi) is 6.85. The fourth-order valence-corrected chi connectivity index (χ4v) is 3.98. The van der Waals surface area contributed by atoms with Gasteiger partial charge in [0.15, 0.2) is 17.2 Å². The lowest BCUT2D eigenvalue weighted by atomic mass is 10.2. The minimum atomic E-state index is -0.400. The van der Waals surface area contributed by atoms with Crippen LogP contribution < -0.4 is 19.5 Å². The number of carbonyl (C=O) groups is 1. The predicted octanol–water partition coefficient (Wildman–Crippen LogP) is 5.94. The SMILES string of the molecule is COc1ccc(-c2nc(CC(=O)Nc3ccccc3Oc3cccc(F)c3)cs2)cc1OC. The normalized spacial score (nSPS) is 10.5. The second-order valence-electron chi connectivity index (χ2n) is 6.99.